The fourth-order valence-electron chi connectivity index (χ4n) is 3.23. The Morgan fingerprint density at radius 3 is 2.20 bits per heavy atom. The van der Waals surface area contributed by atoms with Crippen LogP contribution in [0.1, 0.15) is 5.56 Å². The Morgan fingerprint density at radius 1 is 0.867 bits per heavy atom. The summed E-state index contributed by atoms with van der Waals surface area (Å²) in [4.78, 5) is 27.7. The lowest BCUT2D eigenvalue weighted by Crippen LogP contribution is -2.32. The fourth-order valence-corrected chi connectivity index (χ4v) is 3.62. The fraction of sp³-hybridized carbons (Fsp3) is 0.0435. The average Bonchev–Trinajstić information content (AvgIpc) is 2.99. The molecule has 4 rings (SSSR count). The van der Waals surface area contributed by atoms with Crippen molar-refractivity contribution in [3.63, 3.8) is 0 Å². The number of ether oxygens (including phenoxy) is 1. The van der Waals surface area contributed by atoms with Crippen molar-refractivity contribution in [2.24, 2.45) is 0 Å². The number of amides is 2. The van der Waals surface area contributed by atoms with Gasteiger partial charge in [0.25, 0.3) is 11.8 Å². The van der Waals surface area contributed by atoms with Crippen LogP contribution < -0.4 is 15.0 Å². The predicted octanol–water partition coefficient (Wildman–Crippen LogP) is 5.40. The van der Waals surface area contributed by atoms with Gasteiger partial charge < -0.3 is 10.1 Å². The maximum Gasteiger partial charge on any atom is 0.282 e. The molecule has 0 saturated heterocycles. The van der Waals surface area contributed by atoms with Gasteiger partial charge in [-0.25, -0.2) is 4.90 Å². The minimum absolute atomic E-state index is 0.169. The zero-order valence-electron chi connectivity index (χ0n) is 15.9. The van der Waals surface area contributed by atoms with Gasteiger partial charge in [0, 0.05) is 10.7 Å². The minimum Gasteiger partial charge on any atom is -0.495 e. The van der Waals surface area contributed by atoms with Crippen molar-refractivity contribution in [2.75, 3.05) is 17.3 Å². The van der Waals surface area contributed by atoms with Crippen molar-refractivity contribution < 1.29 is 14.3 Å². The van der Waals surface area contributed by atoms with Crippen molar-refractivity contribution >= 4 is 52.0 Å². The SMILES string of the molecule is COc1ccc(NC2=C(c3ccccc3)C(=O)N(c3ccc(Cl)cc3)C2=O)cc1Cl. The van der Waals surface area contributed by atoms with Crippen molar-refractivity contribution in [1.29, 1.82) is 0 Å². The first-order chi connectivity index (χ1) is 14.5. The molecule has 1 heterocycles. The number of methoxy groups -OCH3 is 1. The Bertz CT molecular complexity index is 1160. The molecule has 0 atom stereocenters. The number of anilines is 2. The first-order valence-corrected chi connectivity index (χ1v) is 9.80. The standard InChI is InChI=1S/C23H16Cl2N2O3/c1-30-19-12-9-16(13-18(19)25)26-21-20(14-5-3-2-4-6-14)22(28)27(23(21)29)17-10-7-15(24)8-11-17/h2-13,26H,1H3. The first kappa shape index (κ1) is 20.0. The van der Waals surface area contributed by atoms with Gasteiger partial charge >= 0.3 is 0 Å². The van der Waals surface area contributed by atoms with Gasteiger partial charge in [-0.3, -0.25) is 9.59 Å². The van der Waals surface area contributed by atoms with E-state index in [-0.39, 0.29) is 11.3 Å². The summed E-state index contributed by atoms with van der Waals surface area (Å²) in [6.45, 7) is 0. The molecule has 0 aromatic heterocycles. The third kappa shape index (κ3) is 3.65. The summed E-state index contributed by atoms with van der Waals surface area (Å²) in [5, 5.41) is 3.97. The normalized spacial score (nSPS) is 13.8. The highest BCUT2D eigenvalue weighted by Crippen LogP contribution is 2.35. The number of nitrogens with zero attached hydrogens (tertiary/aromatic N) is 1. The summed E-state index contributed by atoms with van der Waals surface area (Å²) >= 11 is 12.2. The van der Waals surface area contributed by atoms with Crippen molar-refractivity contribution in [2.45, 2.75) is 0 Å². The van der Waals surface area contributed by atoms with Gasteiger partial charge in [0.2, 0.25) is 0 Å². The van der Waals surface area contributed by atoms with E-state index in [1.807, 2.05) is 18.2 Å². The van der Waals surface area contributed by atoms with Crippen molar-refractivity contribution in [1.82, 2.24) is 0 Å². The molecule has 1 aliphatic rings. The largest absolute Gasteiger partial charge is 0.495 e. The van der Waals surface area contributed by atoms with Gasteiger partial charge in [-0.2, -0.15) is 0 Å². The third-order valence-corrected chi connectivity index (χ3v) is 5.20. The van der Waals surface area contributed by atoms with Crippen LogP contribution in [0.15, 0.2) is 78.5 Å². The second-order valence-corrected chi connectivity index (χ2v) is 7.36. The van der Waals surface area contributed by atoms with Crippen LogP contribution in [0.3, 0.4) is 0 Å². The lowest BCUT2D eigenvalue weighted by atomic mass is 10.0. The van der Waals surface area contributed by atoms with Crippen LogP contribution in [0.2, 0.25) is 10.0 Å². The Hall–Kier alpha value is -3.28. The summed E-state index contributed by atoms with van der Waals surface area (Å²) in [6.07, 6.45) is 0. The molecule has 0 aliphatic carbocycles. The van der Waals surface area contributed by atoms with Crippen LogP contribution >= 0.6 is 23.2 Å². The highest BCUT2D eigenvalue weighted by atomic mass is 35.5. The van der Waals surface area contributed by atoms with Crippen molar-refractivity contribution in [3.8, 4) is 5.75 Å². The molecule has 7 heteroatoms. The molecule has 0 bridgehead atoms. The molecule has 1 aliphatic heterocycles. The minimum atomic E-state index is -0.465. The van der Waals surface area contributed by atoms with E-state index < -0.39 is 11.8 Å². The molecular formula is C23H16Cl2N2O3. The topological polar surface area (TPSA) is 58.6 Å². The number of hydrogen-bond acceptors (Lipinski definition) is 4. The molecule has 2 amide bonds. The molecule has 30 heavy (non-hydrogen) atoms. The number of nitrogens with one attached hydrogen (secondary N) is 1. The molecule has 0 spiro atoms. The van der Waals surface area contributed by atoms with Crippen LogP contribution in [0.4, 0.5) is 11.4 Å². The molecule has 150 valence electrons. The Morgan fingerprint density at radius 2 is 1.57 bits per heavy atom. The van der Waals surface area contributed by atoms with Gasteiger partial charge in [-0.05, 0) is 48.0 Å². The number of benzene rings is 3. The smallest absolute Gasteiger partial charge is 0.282 e. The van der Waals surface area contributed by atoms with Crippen molar-refractivity contribution in [3.05, 3.63) is 94.1 Å². The van der Waals surface area contributed by atoms with Crippen LogP contribution in [0, 0.1) is 0 Å². The number of carbonyl (C=O) groups is 2. The van der Waals surface area contributed by atoms with E-state index in [2.05, 4.69) is 5.32 Å². The zero-order chi connectivity index (χ0) is 21.3. The van der Waals surface area contributed by atoms with Gasteiger partial charge in [0.05, 0.1) is 23.4 Å². The first-order valence-electron chi connectivity index (χ1n) is 9.04. The maximum atomic E-state index is 13.3. The molecule has 5 nitrogen and oxygen atoms in total. The van der Waals surface area contributed by atoms with Crippen LogP contribution in [-0.4, -0.2) is 18.9 Å². The average molecular weight is 439 g/mol. The van der Waals surface area contributed by atoms with E-state index in [4.69, 9.17) is 27.9 Å². The van der Waals surface area contributed by atoms with E-state index >= 15 is 0 Å². The predicted molar refractivity (Wildman–Crippen MR) is 119 cm³/mol. The van der Waals surface area contributed by atoms with E-state index in [9.17, 15) is 9.59 Å². The second kappa shape index (κ2) is 8.22. The van der Waals surface area contributed by atoms with Gasteiger partial charge in [-0.1, -0.05) is 53.5 Å². The highest BCUT2D eigenvalue weighted by molar-refractivity contribution is 6.46. The van der Waals surface area contributed by atoms with Crippen LogP contribution in [0.25, 0.3) is 5.57 Å². The zero-order valence-corrected chi connectivity index (χ0v) is 17.4. The number of halogens is 2. The molecular weight excluding hydrogens is 423 g/mol. The molecule has 0 fully saturated rings. The summed E-state index contributed by atoms with van der Waals surface area (Å²) in [5.41, 5.74) is 2.08. The second-order valence-electron chi connectivity index (χ2n) is 6.51. The number of imide groups is 1. The molecule has 1 N–H and O–H groups in total. The molecule has 3 aromatic rings. The number of carbonyl (C=O) groups excluding carboxylic acids is 2. The molecule has 3 aromatic carbocycles. The maximum absolute atomic E-state index is 13.3. The van der Waals surface area contributed by atoms with E-state index in [1.54, 1.807) is 54.6 Å². The van der Waals surface area contributed by atoms with E-state index in [0.29, 0.717) is 32.7 Å². The van der Waals surface area contributed by atoms with Gasteiger partial charge in [0.1, 0.15) is 11.4 Å². The van der Waals surface area contributed by atoms with Crippen LogP contribution in [-0.2, 0) is 9.59 Å². The summed E-state index contributed by atoms with van der Waals surface area (Å²) < 4.78 is 5.17. The molecule has 0 saturated carbocycles. The summed E-state index contributed by atoms with van der Waals surface area (Å²) in [6, 6.07) is 20.6. The van der Waals surface area contributed by atoms with Gasteiger partial charge in [0.15, 0.2) is 0 Å². The van der Waals surface area contributed by atoms with E-state index in [0.717, 1.165) is 4.90 Å². The Labute approximate surface area is 183 Å². The molecule has 0 unspecified atom stereocenters. The molecule has 0 radical (unpaired) electrons. The summed E-state index contributed by atoms with van der Waals surface area (Å²) in [5.74, 6) is -0.375. The quantitative estimate of drug-likeness (QED) is 0.541. The monoisotopic (exact) mass is 438 g/mol. The van der Waals surface area contributed by atoms with E-state index in [1.165, 1.54) is 7.11 Å². The third-order valence-electron chi connectivity index (χ3n) is 4.65. The lowest BCUT2D eigenvalue weighted by molar-refractivity contribution is -0.120. The van der Waals surface area contributed by atoms with Crippen LogP contribution in [0.5, 0.6) is 5.75 Å². The number of hydrogen-bond donors (Lipinski definition) is 1. The summed E-state index contributed by atoms with van der Waals surface area (Å²) in [7, 11) is 1.52. The van der Waals surface area contributed by atoms with Gasteiger partial charge in [-0.15, -0.1) is 0 Å². The number of rotatable bonds is 5. The highest BCUT2D eigenvalue weighted by Gasteiger charge is 2.40. The lowest BCUT2D eigenvalue weighted by Gasteiger charge is -2.15. The Balaban J connectivity index is 1.79. The Kier molecular flexibility index (Phi) is 5.48.